The largest absolute Gasteiger partial charge is 0.455 e. The van der Waals surface area contributed by atoms with Gasteiger partial charge in [0.2, 0.25) is 17.7 Å². The molecule has 97 heavy (non-hydrogen) atoms. The van der Waals surface area contributed by atoms with E-state index >= 15 is 0 Å². The second-order valence-electron chi connectivity index (χ2n) is 25.5. The standard InChI is InChI=1S/C21H18N3O.3C21H17N2O/c1-13-7-9-16-17-10-8-14(2)22-21(17)25-20(16)19(13)18-12-15-6-4-5-11-24(15)23(18)3;1-14-10-11-16-15-7-3-4-9-18(15)24-21(16)19(14)20-17-8-5-6-12-23(17)13-22(20)2;1-14-9-10-16-15-6-3-4-8-18(15)24-20(16)19(14)17-7-5-11-23-13-12-22(2)21(17)23;1-14-8-9-16-15-6-3-4-7-18(15)24-20(16)19(14)17-10-13-23-12-5-11-22(2)21(17)23/h4-12H,1-3H3;3*3-13H,1-2H3/q4*+1. The van der Waals surface area contributed by atoms with E-state index in [1.807, 2.05) is 67.6 Å². The van der Waals surface area contributed by atoms with Crippen LogP contribution in [-0.2, 0) is 28.2 Å². The SMILES string of the molecule is Cc1ccc2c(n1)oc1c(-c3cc4ccccn4[n+]3C)c(C)ccc12.Cc1ccc2c(oc3ccccc32)c1-c1c2ccccn2c[n+]1C.Cc1ccc2c(oc3ccccc32)c1-c1cccn2cc[n+](C)c12.Cc1ccc2c(oc3ccccc32)c1-c1ccn2ccc[n+](C)c12. The van der Waals surface area contributed by atoms with Crippen molar-refractivity contribution in [3.05, 3.63) is 284 Å². The number of hydrogen-bond acceptors (Lipinski definition) is 5. The van der Waals surface area contributed by atoms with Gasteiger partial charge >= 0.3 is 0 Å². The van der Waals surface area contributed by atoms with Gasteiger partial charge in [0.1, 0.15) is 51.4 Å². The molecule has 13 aromatic heterocycles. The zero-order valence-corrected chi connectivity index (χ0v) is 55.4. The molecule has 20 aromatic rings. The second-order valence-corrected chi connectivity index (χ2v) is 25.5. The van der Waals surface area contributed by atoms with Crippen LogP contribution in [0.3, 0.4) is 0 Å². The fraction of sp³-hybridized carbons (Fsp3) is 0.107. The number of rotatable bonds is 4. The lowest BCUT2D eigenvalue weighted by Gasteiger charge is -2.07. The zero-order chi connectivity index (χ0) is 65.9. The van der Waals surface area contributed by atoms with Crippen LogP contribution < -0.4 is 18.4 Å². The van der Waals surface area contributed by atoms with Gasteiger partial charge in [-0.15, -0.1) is 9.20 Å². The van der Waals surface area contributed by atoms with Crippen molar-refractivity contribution in [2.75, 3.05) is 0 Å². The predicted octanol–water partition coefficient (Wildman–Crippen LogP) is 18.3. The maximum atomic E-state index is 6.27. The van der Waals surface area contributed by atoms with Gasteiger partial charge in [0.15, 0.2) is 23.8 Å². The number of aromatic nitrogens is 9. The van der Waals surface area contributed by atoms with E-state index in [9.17, 15) is 0 Å². The van der Waals surface area contributed by atoms with E-state index < -0.39 is 0 Å². The average molecular weight is 1270 g/mol. The molecule has 13 heteroatoms. The molecule has 20 rings (SSSR count). The van der Waals surface area contributed by atoms with Crippen LogP contribution in [0.25, 0.3) is 155 Å². The Hall–Kier alpha value is -12.4. The first kappa shape index (κ1) is 58.5. The third kappa shape index (κ3) is 9.55. The molecule has 0 radical (unpaired) electrons. The molecule has 0 N–H and O–H groups in total. The van der Waals surface area contributed by atoms with Crippen LogP contribution in [0.4, 0.5) is 0 Å². The number of benzene rings is 7. The molecule has 7 aromatic carbocycles. The molecule has 0 aliphatic carbocycles. The monoisotopic (exact) mass is 1270 g/mol. The van der Waals surface area contributed by atoms with Gasteiger partial charge in [-0.05, 0) is 130 Å². The summed E-state index contributed by atoms with van der Waals surface area (Å²) in [5, 5.41) is 9.18. The summed E-state index contributed by atoms with van der Waals surface area (Å²) in [6.07, 6.45) is 18.7. The van der Waals surface area contributed by atoms with Crippen LogP contribution in [0.15, 0.2) is 274 Å². The summed E-state index contributed by atoms with van der Waals surface area (Å²) in [4.78, 5) is 4.56. The highest BCUT2D eigenvalue weighted by atomic mass is 16.3. The van der Waals surface area contributed by atoms with Crippen LogP contribution >= 0.6 is 0 Å². The first-order valence-electron chi connectivity index (χ1n) is 32.7. The molecule has 0 fully saturated rings. The van der Waals surface area contributed by atoms with Gasteiger partial charge < -0.3 is 17.7 Å². The van der Waals surface area contributed by atoms with Crippen LogP contribution in [0.1, 0.15) is 27.9 Å². The highest BCUT2D eigenvalue weighted by Crippen LogP contribution is 2.43. The molecular formula is C84H69N9O4+4. The molecule has 0 spiro atoms. The fourth-order valence-corrected chi connectivity index (χ4v) is 14.7. The molecule has 13 nitrogen and oxygen atoms in total. The first-order valence-corrected chi connectivity index (χ1v) is 32.7. The molecule has 0 unspecified atom stereocenters. The number of furan rings is 4. The topological polar surface area (TPSA) is 98.6 Å². The number of imidazole rings is 2. The van der Waals surface area contributed by atoms with Crippen molar-refractivity contribution in [1.29, 1.82) is 0 Å². The van der Waals surface area contributed by atoms with Gasteiger partial charge in [-0.2, -0.15) is 0 Å². The summed E-state index contributed by atoms with van der Waals surface area (Å²) in [6.45, 7) is 10.6. The second kappa shape index (κ2) is 23.0. The molecule has 0 amide bonds. The number of fused-ring (bicyclic) bond motifs is 16. The molecule has 0 bridgehead atoms. The van der Waals surface area contributed by atoms with E-state index in [4.69, 9.17) is 17.7 Å². The number of aryl methyl sites for hydroxylation is 9. The smallest absolute Gasteiger partial charge is 0.294 e. The average Bonchev–Trinajstić information content (AvgIpc) is 1.67. The first-order chi connectivity index (χ1) is 47.3. The van der Waals surface area contributed by atoms with Gasteiger partial charge in [0.05, 0.1) is 80.6 Å². The molecule has 0 aliphatic heterocycles. The Morgan fingerprint density at radius 3 is 1.46 bits per heavy atom. The lowest BCUT2D eigenvalue weighted by atomic mass is 9.98. The lowest BCUT2D eigenvalue weighted by molar-refractivity contribution is -0.727. The van der Waals surface area contributed by atoms with Crippen LogP contribution in [0, 0.1) is 34.6 Å². The lowest BCUT2D eigenvalue weighted by Crippen LogP contribution is -2.36. The summed E-state index contributed by atoms with van der Waals surface area (Å²) in [6, 6.07) is 69.3. The van der Waals surface area contributed by atoms with Crippen LogP contribution in [-0.4, -0.2) is 22.7 Å². The van der Waals surface area contributed by atoms with Crippen molar-refractivity contribution in [1.82, 2.24) is 22.7 Å². The number of hydrogen-bond donors (Lipinski definition) is 0. The molecule has 0 aliphatic rings. The highest BCUT2D eigenvalue weighted by Gasteiger charge is 2.28. The van der Waals surface area contributed by atoms with Gasteiger partial charge in [0.25, 0.3) is 11.3 Å². The quantitative estimate of drug-likeness (QED) is 0.164. The highest BCUT2D eigenvalue weighted by molar-refractivity contribution is 6.14. The van der Waals surface area contributed by atoms with Crippen LogP contribution in [0.5, 0.6) is 0 Å². The van der Waals surface area contributed by atoms with Crippen molar-refractivity contribution >= 4 is 110 Å². The van der Waals surface area contributed by atoms with E-state index in [1.165, 1.54) is 93.6 Å². The summed E-state index contributed by atoms with van der Waals surface area (Å²) in [7, 11) is 8.31. The Balaban J connectivity index is 0.0000000975. The molecule has 13 heterocycles. The van der Waals surface area contributed by atoms with Gasteiger partial charge in [-0.3, -0.25) is 0 Å². The van der Waals surface area contributed by atoms with E-state index in [2.05, 4.69) is 292 Å². The Morgan fingerprint density at radius 1 is 0.351 bits per heavy atom. The Morgan fingerprint density at radius 2 is 0.835 bits per heavy atom. The Labute approximate surface area is 557 Å². The molecule has 0 saturated heterocycles. The van der Waals surface area contributed by atoms with Gasteiger partial charge in [0, 0.05) is 72.0 Å². The molecule has 0 saturated carbocycles. The van der Waals surface area contributed by atoms with E-state index in [0.29, 0.717) is 5.71 Å². The van der Waals surface area contributed by atoms with Crippen molar-refractivity contribution < 1.29 is 36.1 Å². The normalized spacial score (nSPS) is 11.8. The maximum absolute atomic E-state index is 6.27. The number of nitrogens with zero attached hydrogens (tertiary/aromatic N) is 9. The summed E-state index contributed by atoms with van der Waals surface area (Å²) in [5.74, 6) is 0. The van der Waals surface area contributed by atoms with E-state index in [1.54, 1.807) is 0 Å². The summed E-state index contributed by atoms with van der Waals surface area (Å²) >= 11 is 0. The Kier molecular flexibility index (Phi) is 13.9. The van der Waals surface area contributed by atoms with E-state index in [0.717, 1.165) is 83.6 Å². The van der Waals surface area contributed by atoms with Gasteiger partial charge in [-0.25, -0.2) is 31.9 Å². The minimum absolute atomic E-state index is 0.702. The van der Waals surface area contributed by atoms with Crippen molar-refractivity contribution in [2.45, 2.75) is 34.6 Å². The molecule has 0 atom stereocenters. The molecule has 470 valence electrons. The van der Waals surface area contributed by atoms with Crippen LogP contribution in [0.2, 0.25) is 0 Å². The maximum Gasteiger partial charge on any atom is 0.294 e. The summed E-state index contributed by atoms with van der Waals surface area (Å²) < 4.78 is 42.2. The van der Waals surface area contributed by atoms with Crippen molar-refractivity contribution in [2.24, 2.45) is 28.2 Å². The number of para-hydroxylation sites is 3. The predicted molar refractivity (Wildman–Crippen MR) is 387 cm³/mol. The fourth-order valence-electron chi connectivity index (χ4n) is 14.7. The summed E-state index contributed by atoms with van der Waals surface area (Å²) in [5.41, 5.74) is 27.1. The third-order valence-corrected chi connectivity index (χ3v) is 19.3. The Bertz CT molecular complexity index is 6530. The van der Waals surface area contributed by atoms with Crippen molar-refractivity contribution in [3.63, 3.8) is 0 Å². The van der Waals surface area contributed by atoms with E-state index in [-0.39, 0.29) is 0 Å². The minimum Gasteiger partial charge on any atom is -0.455 e. The number of pyridine rings is 4. The van der Waals surface area contributed by atoms with Crippen molar-refractivity contribution in [3.8, 4) is 44.8 Å². The molecular weight excluding hydrogens is 1200 g/mol. The zero-order valence-electron chi connectivity index (χ0n) is 55.4. The minimum atomic E-state index is 0.702. The third-order valence-electron chi connectivity index (χ3n) is 19.3. The van der Waals surface area contributed by atoms with Gasteiger partial charge in [-0.1, -0.05) is 115 Å².